The van der Waals surface area contributed by atoms with Gasteiger partial charge >= 0.3 is 0 Å². The Morgan fingerprint density at radius 1 is 0.907 bits per heavy atom. The van der Waals surface area contributed by atoms with E-state index in [2.05, 4.69) is 110 Å². The third-order valence-electron chi connectivity index (χ3n) is 8.87. The average Bonchev–Trinajstić information content (AvgIpc) is 3.67. The second-order valence-corrected chi connectivity index (χ2v) is 16.3. The summed E-state index contributed by atoms with van der Waals surface area (Å²) in [6, 6.07) is 12.4. The Hall–Kier alpha value is -2.29. The molecule has 1 aromatic heterocycles. The molecular formula is C34H35Cl2N4S3+. The minimum absolute atomic E-state index is 0.149. The number of hydrogen-bond acceptors (Lipinski definition) is 6. The molecule has 0 amide bonds. The fraction of sp³-hybridized carbons (Fsp3) is 0.324. The van der Waals surface area contributed by atoms with Crippen molar-refractivity contribution >= 4 is 75.1 Å². The van der Waals surface area contributed by atoms with Crippen molar-refractivity contribution in [3.8, 4) is 0 Å². The summed E-state index contributed by atoms with van der Waals surface area (Å²) in [7, 11) is 4.29. The van der Waals surface area contributed by atoms with Gasteiger partial charge in [0.25, 0.3) is 0 Å². The summed E-state index contributed by atoms with van der Waals surface area (Å²) in [5, 5.41) is 10.4. The van der Waals surface area contributed by atoms with Crippen molar-refractivity contribution in [2.45, 2.75) is 60.0 Å². The molecule has 3 heterocycles. The summed E-state index contributed by atoms with van der Waals surface area (Å²) in [6.45, 7) is 9.10. The number of anilines is 1. The van der Waals surface area contributed by atoms with E-state index in [0.29, 0.717) is 0 Å². The monoisotopic (exact) mass is 665 g/mol. The first-order valence-electron chi connectivity index (χ1n) is 14.2. The minimum atomic E-state index is -0.149. The molecule has 0 spiro atoms. The molecule has 0 atom stereocenters. The molecule has 0 N–H and O–H groups in total. The van der Waals surface area contributed by atoms with E-state index in [4.69, 9.17) is 23.2 Å². The summed E-state index contributed by atoms with van der Waals surface area (Å²) in [5.41, 5.74) is 9.81. The molecule has 0 radical (unpaired) electrons. The average molecular weight is 667 g/mol. The SMILES string of the molecule is CSc1nnc(SC2=C(/C=C/C3=[N+](C)c4ccc(Cl)cc4C3(C)C)CC/C2=C\C=C2\N(C)c3ccc(Cl)cc3C2(C)C)s1. The smallest absolute Gasteiger partial charge is 0.209 e. The van der Waals surface area contributed by atoms with Crippen LogP contribution < -0.4 is 4.90 Å². The van der Waals surface area contributed by atoms with Gasteiger partial charge in [0.2, 0.25) is 5.69 Å². The van der Waals surface area contributed by atoms with Crippen LogP contribution in [0.15, 0.2) is 91.1 Å². The van der Waals surface area contributed by atoms with Crippen molar-refractivity contribution in [1.29, 1.82) is 0 Å². The standard InChI is InChI=1S/C34H35Cl2N4S3/c1-33(2)24-18-22(35)12-14-26(24)39(5)28(33)16-10-20-8-9-21(30(20)42-32-38-37-31(41-7)43-32)11-17-29-34(3,4)25-19-23(36)13-15-27(25)40(29)6/h10-19H,8-9H2,1-7H3/q+1. The van der Waals surface area contributed by atoms with Gasteiger partial charge in [0.15, 0.2) is 14.4 Å². The maximum atomic E-state index is 6.40. The maximum absolute atomic E-state index is 6.40. The van der Waals surface area contributed by atoms with Gasteiger partial charge < -0.3 is 4.90 Å². The van der Waals surface area contributed by atoms with E-state index in [1.165, 1.54) is 50.0 Å². The van der Waals surface area contributed by atoms with Crippen LogP contribution in [-0.2, 0) is 10.8 Å². The molecule has 0 saturated carbocycles. The lowest BCUT2D eigenvalue weighted by Gasteiger charge is -2.24. The van der Waals surface area contributed by atoms with Crippen LogP contribution >= 0.6 is 58.1 Å². The number of nitrogens with zero attached hydrogens (tertiary/aromatic N) is 4. The topological polar surface area (TPSA) is 32.0 Å². The molecule has 2 aromatic carbocycles. The van der Waals surface area contributed by atoms with Gasteiger partial charge in [-0.1, -0.05) is 84.1 Å². The zero-order chi connectivity index (χ0) is 30.7. The number of allylic oxidation sites excluding steroid dienone is 7. The van der Waals surface area contributed by atoms with E-state index < -0.39 is 0 Å². The van der Waals surface area contributed by atoms with Crippen molar-refractivity contribution in [2.75, 3.05) is 25.3 Å². The van der Waals surface area contributed by atoms with Crippen LogP contribution in [-0.4, -0.2) is 40.8 Å². The van der Waals surface area contributed by atoms with Crippen molar-refractivity contribution in [3.05, 3.63) is 104 Å². The van der Waals surface area contributed by atoms with Gasteiger partial charge in [0.1, 0.15) is 7.05 Å². The van der Waals surface area contributed by atoms with Crippen LogP contribution in [0, 0.1) is 0 Å². The van der Waals surface area contributed by atoms with Crippen molar-refractivity contribution in [2.24, 2.45) is 0 Å². The molecule has 9 heteroatoms. The minimum Gasteiger partial charge on any atom is -0.347 e. The molecule has 0 fully saturated rings. The molecular weight excluding hydrogens is 632 g/mol. The van der Waals surface area contributed by atoms with Crippen LogP contribution in [0.2, 0.25) is 10.0 Å². The Balaban J connectivity index is 1.38. The first-order chi connectivity index (χ1) is 20.4. The lowest BCUT2D eigenvalue weighted by molar-refractivity contribution is -0.401. The highest BCUT2D eigenvalue weighted by molar-refractivity contribution is 8.05. The highest BCUT2D eigenvalue weighted by Gasteiger charge is 2.43. The Morgan fingerprint density at radius 3 is 2.33 bits per heavy atom. The van der Waals surface area contributed by atoms with E-state index in [9.17, 15) is 0 Å². The van der Waals surface area contributed by atoms with E-state index in [0.717, 1.165) is 31.6 Å². The fourth-order valence-electron chi connectivity index (χ4n) is 6.54. The molecule has 222 valence electrons. The molecule has 2 aliphatic heterocycles. The zero-order valence-corrected chi connectivity index (χ0v) is 29.4. The Labute approximate surface area is 277 Å². The molecule has 0 bridgehead atoms. The van der Waals surface area contributed by atoms with Crippen molar-refractivity contribution in [1.82, 2.24) is 10.2 Å². The number of aromatic nitrogens is 2. The first-order valence-corrected chi connectivity index (χ1v) is 17.9. The highest BCUT2D eigenvalue weighted by atomic mass is 35.5. The predicted octanol–water partition coefficient (Wildman–Crippen LogP) is 10.2. The lowest BCUT2D eigenvalue weighted by Crippen LogP contribution is -2.26. The van der Waals surface area contributed by atoms with Crippen LogP contribution in [0.5, 0.6) is 0 Å². The number of hydrogen-bond donors (Lipinski definition) is 0. The van der Waals surface area contributed by atoms with E-state index in [1.54, 1.807) is 34.9 Å². The molecule has 0 unspecified atom stereocenters. The van der Waals surface area contributed by atoms with Gasteiger partial charge in [-0.2, -0.15) is 4.58 Å². The Bertz CT molecular complexity index is 1790. The Morgan fingerprint density at radius 2 is 1.60 bits per heavy atom. The van der Waals surface area contributed by atoms with Crippen LogP contribution in [0.3, 0.4) is 0 Å². The van der Waals surface area contributed by atoms with Gasteiger partial charge in [-0.05, 0) is 86.1 Å². The summed E-state index contributed by atoms with van der Waals surface area (Å²) in [6.07, 6.45) is 13.2. The van der Waals surface area contributed by atoms with Gasteiger partial charge in [-0.3, -0.25) is 0 Å². The predicted molar refractivity (Wildman–Crippen MR) is 187 cm³/mol. The van der Waals surface area contributed by atoms with E-state index in [1.807, 2.05) is 18.4 Å². The number of thioether (sulfide) groups is 2. The fourth-order valence-corrected chi connectivity index (χ4v) is 9.56. The van der Waals surface area contributed by atoms with E-state index in [-0.39, 0.29) is 10.8 Å². The van der Waals surface area contributed by atoms with Gasteiger partial charge in [0.05, 0.1) is 5.41 Å². The largest absolute Gasteiger partial charge is 0.347 e. The van der Waals surface area contributed by atoms with Crippen LogP contribution in [0.4, 0.5) is 11.4 Å². The summed E-state index contributed by atoms with van der Waals surface area (Å²) >= 11 is 17.8. The summed E-state index contributed by atoms with van der Waals surface area (Å²) in [4.78, 5) is 3.57. The quantitative estimate of drug-likeness (QED) is 0.193. The third kappa shape index (κ3) is 5.46. The number of fused-ring (bicyclic) bond motifs is 2. The van der Waals surface area contributed by atoms with Gasteiger partial charge in [0, 0.05) is 56.5 Å². The van der Waals surface area contributed by atoms with E-state index >= 15 is 0 Å². The number of benzene rings is 2. The molecule has 3 aromatic rings. The normalized spacial score (nSPS) is 20.8. The number of rotatable bonds is 6. The molecule has 4 nitrogen and oxygen atoms in total. The zero-order valence-electron chi connectivity index (χ0n) is 25.5. The van der Waals surface area contributed by atoms with Crippen LogP contribution in [0.1, 0.15) is 51.7 Å². The number of likely N-dealkylation sites (N-methyl/N-ethyl adjacent to an activating group) is 1. The van der Waals surface area contributed by atoms with Crippen LogP contribution in [0.25, 0.3) is 0 Å². The Kier molecular flexibility index (Phi) is 8.27. The molecule has 3 aliphatic rings. The summed E-state index contributed by atoms with van der Waals surface area (Å²) in [5.74, 6) is 0. The van der Waals surface area contributed by atoms with Gasteiger partial charge in [-0.15, -0.1) is 10.2 Å². The molecule has 1 aliphatic carbocycles. The van der Waals surface area contributed by atoms with Crippen molar-refractivity contribution < 1.29 is 4.58 Å². The molecule has 43 heavy (non-hydrogen) atoms. The second-order valence-electron chi connectivity index (χ2n) is 12.1. The molecule has 6 rings (SSSR count). The van der Waals surface area contributed by atoms with Gasteiger partial charge in [-0.25, -0.2) is 0 Å². The highest BCUT2D eigenvalue weighted by Crippen LogP contribution is 2.49. The third-order valence-corrected chi connectivity index (χ3v) is 12.5. The maximum Gasteiger partial charge on any atom is 0.209 e. The first kappa shape index (κ1) is 30.7. The summed E-state index contributed by atoms with van der Waals surface area (Å²) < 4.78 is 4.25. The second kappa shape index (κ2) is 11.6. The number of halogens is 2. The van der Waals surface area contributed by atoms with Crippen molar-refractivity contribution in [3.63, 3.8) is 0 Å². The lowest BCUT2D eigenvalue weighted by atomic mass is 9.81. The molecule has 0 saturated heterocycles.